The number of aryl methyl sites for hydroxylation is 1. The average Bonchev–Trinajstić information content (AvgIpc) is 3.49. The van der Waals surface area contributed by atoms with E-state index >= 15 is 0 Å². The first kappa shape index (κ1) is 20.0. The quantitative estimate of drug-likeness (QED) is 0.298. The lowest BCUT2D eigenvalue weighted by Gasteiger charge is -2.08. The predicted molar refractivity (Wildman–Crippen MR) is 125 cm³/mol. The summed E-state index contributed by atoms with van der Waals surface area (Å²) in [6.07, 6.45) is 3.59. The van der Waals surface area contributed by atoms with E-state index < -0.39 is 0 Å². The number of aromatic hydroxyl groups is 1. The van der Waals surface area contributed by atoms with Crippen molar-refractivity contribution in [1.29, 1.82) is 5.41 Å². The predicted octanol–water partition coefficient (Wildman–Crippen LogP) is 3.74. The Kier molecular flexibility index (Phi) is 4.95. The highest BCUT2D eigenvalue weighted by molar-refractivity contribution is 7.19. The first-order chi connectivity index (χ1) is 15.5. The second kappa shape index (κ2) is 7.93. The van der Waals surface area contributed by atoms with Gasteiger partial charge in [0.15, 0.2) is 5.65 Å². The Morgan fingerprint density at radius 3 is 2.88 bits per heavy atom. The summed E-state index contributed by atoms with van der Waals surface area (Å²) in [7, 11) is 1.80. The number of thiazole rings is 1. The second-order valence-electron chi connectivity index (χ2n) is 7.50. The molecule has 0 unspecified atom stereocenters. The van der Waals surface area contributed by atoms with Crippen LogP contribution in [0.25, 0.3) is 21.3 Å². The van der Waals surface area contributed by atoms with Gasteiger partial charge in [-0.05, 0) is 29.3 Å². The fourth-order valence-electron chi connectivity index (χ4n) is 3.87. The molecule has 0 aliphatic carbocycles. The molecule has 0 saturated carbocycles. The van der Waals surface area contributed by atoms with Crippen molar-refractivity contribution in [2.45, 2.75) is 13.0 Å². The molecule has 2 aromatic carbocycles. The van der Waals surface area contributed by atoms with E-state index in [0.29, 0.717) is 29.9 Å². The highest BCUT2D eigenvalue weighted by atomic mass is 32.1. The van der Waals surface area contributed by atoms with E-state index in [9.17, 15) is 9.90 Å². The Balaban J connectivity index is 1.42. The van der Waals surface area contributed by atoms with Crippen molar-refractivity contribution in [1.82, 2.24) is 25.1 Å². The topological polar surface area (TPSA) is 120 Å². The maximum atomic E-state index is 13.1. The van der Waals surface area contributed by atoms with Crippen LogP contribution in [-0.4, -0.2) is 37.0 Å². The normalized spacial score (nSPS) is 11.3. The van der Waals surface area contributed by atoms with Crippen LogP contribution in [0.1, 0.15) is 32.2 Å². The second-order valence-corrected chi connectivity index (χ2v) is 8.58. The average molecular weight is 445 g/mol. The zero-order valence-corrected chi connectivity index (χ0v) is 18.0. The highest BCUT2D eigenvalue weighted by Crippen LogP contribution is 2.31. The number of fused-ring (bicyclic) bond motifs is 2. The number of nitrogens with one attached hydrogen (secondary N) is 3. The Bertz CT molecular complexity index is 1460. The fourth-order valence-corrected chi connectivity index (χ4v) is 5.01. The van der Waals surface area contributed by atoms with Gasteiger partial charge in [-0.25, -0.2) is 4.98 Å². The molecule has 3 aromatic heterocycles. The van der Waals surface area contributed by atoms with E-state index in [0.717, 1.165) is 31.7 Å². The van der Waals surface area contributed by atoms with Crippen molar-refractivity contribution < 1.29 is 9.90 Å². The molecule has 160 valence electrons. The van der Waals surface area contributed by atoms with Crippen molar-refractivity contribution >= 4 is 44.7 Å². The van der Waals surface area contributed by atoms with Crippen LogP contribution in [0.2, 0.25) is 0 Å². The molecule has 0 bridgehead atoms. The van der Waals surface area contributed by atoms with Crippen molar-refractivity contribution in [3.8, 4) is 5.75 Å². The first-order valence-electron chi connectivity index (χ1n) is 10.0. The Hall–Kier alpha value is -3.98. The minimum Gasteiger partial charge on any atom is -0.508 e. The van der Waals surface area contributed by atoms with Crippen LogP contribution < -0.4 is 5.32 Å². The van der Waals surface area contributed by atoms with Gasteiger partial charge in [0.2, 0.25) is 0 Å². The summed E-state index contributed by atoms with van der Waals surface area (Å²) in [6, 6.07) is 12.8. The van der Waals surface area contributed by atoms with Gasteiger partial charge in [-0.2, -0.15) is 5.10 Å². The van der Waals surface area contributed by atoms with Crippen molar-refractivity contribution in [2.75, 3.05) is 0 Å². The number of aromatic nitrogens is 4. The zero-order valence-electron chi connectivity index (χ0n) is 17.2. The molecule has 0 fully saturated rings. The van der Waals surface area contributed by atoms with Gasteiger partial charge in [-0.15, -0.1) is 11.3 Å². The van der Waals surface area contributed by atoms with Crippen LogP contribution in [0, 0.1) is 5.41 Å². The molecule has 9 heteroatoms. The highest BCUT2D eigenvalue weighted by Gasteiger charge is 2.23. The third kappa shape index (κ3) is 3.42. The van der Waals surface area contributed by atoms with Crippen molar-refractivity contribution in [2.24, 2.45) is 7.05 Å². The lowest BCUT2D eigenvalue weighted by molar-refractivity contribution is 0.0943. The fraction of sp³-hybridized carbons (Fsp3) is 0.130. The molecule has 0 atom stereocenters. The number of phenolic OH excluding ortho intramolecular Hbond substituents is 1. The molecule has 0 aliphatic rings. The van der Waals surface area contributed by atoms with Crippen molar-refractivity contribution in [3.63, 3.8) is 0 Å². The number of benzene rings is 2. The zero-order chi connectivity index (χ0) is 22.2. The van der Waals surface area contributed by atoms with Gasteiger partial charge in [0.05, 0.1) is 16.4 Å². The summed E-state index contributed by atoms with van der Waals surface area (Å²) in [6.45, 7) is 0.353. The molecule has 1 amide bonds. The third-order valence-corrected chi connectivity index (χ3v) is 6.55. The molecule has 4 N–H and O–H groups in total. The number of rotatable bonds is 6. The summed E-state index contributed by atoms with van der Waals surface area (Å²) < 4.78 is 2.57. The lowest BCUT2D eigenvalue weighted by atomic mass is 10.1. The monoisotopic (exact) mass is 444 g/mol. The van der Waals surface area contributed by atoms with E-state index in [1.165, 1.54) is 17.6 Å². The Morgan fingerprint density at radius 2 is 2.09 bits per heavy atom. The molecule has 0 saturated heterocycles. The largest absolute Gasteiger partial charge is 0.508 e. The van der Waals surface area contributed by atoms with Crippen LogP contribution in [0.3, 0.4) is 0 Å². The van der Waals surface area contributed by atoms with Crippen LogP contribution >= 0.6 is 11.3 Å². The van der Waals surface area contributed by atoms with Gasteiger partial charge in [-0.3, -0.25) is 9.89 Å². The smallest absolute Gasteiger partial charge is 0.268 e. The molecule has 8 nitrogen and oxygen atoms in total. The van der Waals surface area contributed by atoms with Crippen LogP contribution in [0.15, 0.2) is 48.7 Å². The van der Waals surface area contributed by atoms with Gasteiger partial charge >= 0.3 is 0 Å². The Morgan fingerprint density at radius 1 is 1.28 bits per heavy atom. The molecule has 0 spiro atoms. The summed E-state index contributed by atoms with van der Waals surface area (Å²) in [5.41, 5.74) is 4.59. The first-order valence-corrected chi connectivity index (χ1v) is 10.8. The molecular formula is C23H20N6O2S. The summed E-state index contributed by atoms with van der Waals surface area (Å²) in [4.78, 5) is 17.8. The van der Waals surface area contributed by atoms with Crippen LogP contribution in [-0.2, 0) is 20.0 Å². The molecule has 0 aliphatic heterocycles. The number of carbonyl (C=O) groups excluding carboxylic acids is 1. The maximum absolute atomic E-state index is 13.1. The van der Waals surface area contributed by atoms with Gasteiger partial charge < -0.3 is 20.4 Å². The minimum absolute atomic E-state index is 0.226. The van der Waals surface area contributed by atoms with E-state index in [2.05, 4.69) is 15.5 Å². The molecule has 0 radical (unpaired) electrons. The maximum Gasteiger partial charge on any atom is 0.268 e. The molecule has 5 rings (SSSR count). The molecule has 5 aromatic rings. The van der Waals surface area contributed by atoms with Gasteiger partial charge in [-0.1, -0.05) is 24.3 Å². The number of H-pyrrole nitrogens is 1. The number of hydrogen-bond donors (Lipinski definition) is 4. The standard InChI is InChI=1S/C23H20N6O2S/c1-29-20(23(31)25-11-14-3-2-4-18-17(14)12-26-28-18)16(10-24)21-22(29)27-19(32-21)9-13-5-7-15(30)8-6-13/h2-8,10,12,24,30H,9,11H2,1H3,(H,25,31)(H,26,28). The van der Waals surface area contributed by atoms with Gasteiger partial charge in [0.1, 0.15) is 16.5 Å². The van der Waals surface area contributed by atoms with Gasteiger partial charge in [0, 0.05) is 37.2 Å². The molecular weight excluding hydrogens is 424 g/mol. The number of phenols is 1. The van der Waals surface area contributed by atoms with Gasteiger partial charge in [0.25, 0.3) is 5.91 Å². The minimum atomic E-state index is -0.253. The van der Waals surface area contributed by atoms with Crippen LogP contribution in [0.4, 0.5) is 0 Å². The SMILES string of the molecule is Cn1c(C(=O)NCc2cccc3[nH]ncc23)c(C=N)c2sc(Cc3ccc(O)cc3)nc21. The number of nitrogens with zero attached hydrogens (tertiary/aromatic N) is 3. The summed E-state index contributed by atoms with van der Waals surface area (Å²) in [5.74, 6) is -0.0272. The summed E-state index contributed by atoms with van der Waals surface area (Å²) in [5, 5.41) is 29.2. The van der Waals surface area contributed by atoms with Crippen molar-refractivity contribution in [3.05, 3.63) is 76.1 Å². The van der Waals surface area contributed by atoms with E-state index in [1.807, 2.05) is 30.3 Å². The third-order valence-electron chi connectivity index (χ3n) is 5.47. The Labute approximate surface area is 187 Å². The van der Waals surface area contributed by atoms with E-state index in [4.69, 9.17) is 10.4 Å². The van der Waals surface area contributed by atoms with E-state index in [1.54, 1.807) is 29.9 Å². The summed E-state index contributed by atoms with van der Waals surface area (Å²) >= 11 is 1.48. The lowest BCUT2D eigenvalue weighted by Crippen LogP contribution is -2.26. The molecule has 32 heavy (non-hydrogen) atoms. The number of hydrogen-bond acceptors (Lipinski definition) is 6. The molecule has 3 heterocycles. The number of aromatic amines is 1. The van der Waals surface area contributed by atoms with E-state index in [-0.39, 0.29) is 11.7 Å². The number of carbonyl (C=O) groups is 1. The number of amides is 1. The van der Waals surface area contributed by atoms with Crippen LogP contribution in [0.5, 0.6) is 5.75 Å².